The molecule has 0 radical (unpaired) electrons. The maximum Gasteiger partial charge on any atom is 0.322 e. The van der Waals surface area contributed by atoms with E-state index in [0.717, 1.165) is 22.3 Å². The first-order valence-electron chi connectivity index (χ1n) is 9.31. The number of amides is 2. The lowest BCUT2D eigenvalue weighted by molar-refractivity contribution is 0.181. The molecule has 2 heterocycles. The molecular weight excluding hydrogens is 434 g/mol. The first kappa shape index (κ1) is 19.4. The van der Waals surface area contributed by atoms with Gasteiger partial charge in [0.05, 0.1) is 25.9 Å². The van der Waals surface area contributed by atoms with Gasteiger partial charge in [-0.1, -0.05) is 28.1 Å². The summed E-state index contributed by atoms with van der Waals surface area (Å²) in [5, 5.41) is 3.00. The van der Waals surface area contributed by atoms with E-state index in [4.69, 9.17) is 9.47 Å². The maximum atomic E-state index is 13.3. The van der Waals surface area contributed by atoms with Crippen LogP contribution in [0.3, 0.4) is 0 Å². The lowest BCUT2D eigenvalue weighted by Crippen LogP contribution is -2.44. The molecule has 2 amide bonds. The number of halogens is 1. The van der Waals surface area contributed by atoms with Gasteiger partial charge in [0, 0.05) is 35.5 Å². The van der Waals surface area contributed by atoms with Crippen molar-refractivity contribution in [2.45, 2.75) is 12.6 Å². The van der Waals surface area contributed by atoms with Crippen molar-refractivity contribution in [3.8, 4) is 11.5 Å². The van der Waals surface area contributed by atoms with Crippen LogP contribution in [0.4, 0.5) is 10.5 Å². The van der Waals surface area contributed by atoms with Gasteiger partial charge in [-0.05, 0) is 42.0 Å². The van der Waals surface area contributed by atoms with E-state index in [2.05, 4.69) is 38.1 Å². The van der Waals surface area contributed by atoms with Gasteiger partial charge in [0.25, 0.3) is 0 Å². The summed E-state index contributed by atoms with van der Waals surface area (Å²) in [5.41, 5.74) is 2.76. The Hall–Kier alpha value is -2.93. The summed E-state index contributed by atoms with van der Waals surface area (Å²) < 4.78 is 13.9. The first-order chi connectivity index (χ1) is 14.1. The molecule has 1 atom stereocenters. The SMILES string of the molecule is COc1ccc(NC(=O)N2CCn3cccc3C2c2ccc(Br)cc2)c(OC)c1. The van der Waals surface area contributed by atoms with Crippen molar-refractivity contribution in [2.24, 2.45) is 0 Å². The summed E-state index contributed by atoms with van der Waals surface area (Å²) in [7, 11) is 3.17. The number of anilines is 1. The summed E-state index contributed by atoms with van der Waals surface area (Å²) >= 11 is 3.49. The number of methoxy groups -OCH3 is 2. The molecule has 150 valence electrons. The minimum Gasteiger partial charge on any atom is -0.497 e. The summed E-state index contributed by atoms with van der Waals surface area (Å²) in [4.78, 5) is 15.1. The maximum absolute atomic E-state index is 13.3. The molecule has 1 N–H and O–H groups in total. The van der Waals surface area contributed by atoms with Crippen LogP contribution in [0, 0.1) is 0 Å². The molecule has 6 nitrogen and oxygen atoms in total. The quantitative estimate of drug-likeness (QED) is 0.608. The Bertz CT molecular complexity index is 1020. The average Bonchev–Trinajstić information content (AvgIpc) is 3.23. The molecule has 7 heteroatoms. The second-order valence-electron chi connectivity index (χ2n) is 6.77. The van der Waals surface area contributed by atoms with Gasteiger partial charge in [-0.15, -0.1) is 0 Å². The number of carbonyl (C=O) groups is 1. The predicted octanol–water partition coefficient (Wildman–Crippen LogP) is 4.90. The van der Waals surface area contributed by atoms with E-state index in [9.17, 15) is 4.79 Å². The van der Waals surface area contributed by atoms with Gasteiger partial charge < -0.3 is 24.3 Å². The standard InChI is InChI=1S/C22H22BrN3O3/c1-28-17-9-10-18(20(14-17)29-2)24-22(27)26-13-12-25-11-3-4-19(25)21(26)15-5-7-16(23)8-6-15/h3-11,14,21H,12-13H2,1-2H3,(H,24,27). The van der Waals surface area contributed by atoms with Gasteiger partial charge in [0.15, 0.2) is 0 Å². The summed E-state index contributed by atoms with van der Waals surface area (Å²) in [6.07, 6.45) is 2.06. The van der Waals surface area contributed by atoms with Crippen LogP contribution in [0.25, 0.3) is 0 Å². The van der Waals surface area contributed by atoms with E-state index in [1.807, 2.05) is 35.2 Å². The monoisotopic (exact) mass is 455 g/mol. The van der Waals surface area contributed by atoms with Crippen LogP contribution in [0.15, 0.2) is 65.3 Å². The number of hydrogen-bond donors (Lipinski definition) is 1. The van der Waals surface area contributed by atoms with Gasteiger partial charge in [-0.3, -0.25) is 0 Å². The van der Waals surface area contributed by atoms with Crippen molar-refractivity contribution in [3.63, 3.8) is 0 Å². The van der Waals surface area contributed by atoms with Crippen molar-refractivity contribution in [1.29, 1.82) is 0 Å². The molecule has 4 rings (SSSR count). The number of ether oxygens (including phenoxy) is 2. The van der Waals surface area contributed by atoms with Gasteiger partial charge in [0.1, 0.15) is 11.5 Å². The molecule has 0 fully saturated rings. The lowest BCUT2D eigenvalue weighted by atomic mass is 10.0. The molecule has 2 aromatic carbocycles. The molecule has 1 aliphatic rings. The predicted molar refractivity (Wildman–Crippen MR) is 116 cm³/mol. The van der Waals surface area contributed by atoms with E-state index in [0.29, 0.717) is 23.7 Å². The van der Waals surface area contributed by atoms with Gasteiger partial charge in [-0.25, -0.2) is 4.79 Å². The summed E-state index contributed by atoms with van der Waals surface area (Å²) in [6.45, 7) is 1.36. The van der Waals surface area contributed by atoms with E-state index in [-0.39, 0.29) is 12.1 Å². The van der Waals surface area contributed by atoms with Crippen molar-refractivity contribution in [2.75, 3.05) is 26.1 Å². The zero-order valence-corrected chi connectivity index (χ0v) is 17.8. The Labute approximate surface area is 178 Å². The Morgan fingerprint density at radius 1 is 1.07 bits per heavy atom. The smallest absolute Gasteiger partial charge is 0.322 e. The zero-order valence-electron chi connectivity index (χ0n) is 16.3. The van der Waals surface area contributed by atoms with E-state index in [1.54, 1.807) is 32.4 Å². The van der Waals surface area contributed by atoms with Crippen LogP contribution < -0.4 is 14.8 Å². The van der Waals surface area contributed by atoms with Crippen LogP contribution in [0.1, 0.15) is 17.3 Å². The number of hydrogen-bond acceptors (Lipinski definition) is 3. The normalized spacial score (nSPS) is 15.6. The van der Waals surface area contributed by atoms with Crippen LogP contribution >= 0.6 is 15.9 Å². The molecule has 1 aromatic heterocycles. The Morgan fingerprint density at radius 3 is 2.59 bits per heavy atom. The van der Waals surface area contributed by atoms with Crippen molar-refractivity contribution >= 4 is 27.6 Å². The third kappa shape index (κ3) is 3.82. The molecule has 1 unspecified atom stereocenters. The van der Waals surface area contributed by atoms with E-state index in [1.165, 1.54) is 0 Å². The van der Waals surface area contributed by atoms with E-state index >= 15 is 0 Å². The Morgan fingerprint density at radius 2 is 1.86 bits per heavy atom. The van der Waals surface area contributed by atoms with E-state index < -0.39 is 0 Å². The van der Waals surface area contributed by atoms with Crippen molar-refractivity contribution in [3.05, 3.63) is 76.5 Å². The minimum atomic E-state index is -0.172. The number of nitrogens with one attached hydrogen (secondary N) is 1. The zero-order chi connectivity index (χ0) is 20.4. The second kappa shape index (κ2) is 8.21. The number of benzene rings is 2. The van der Waals surface area contributed by atoms with Gasteiger partial charge in [-0.2, -0.15) is 0 Å². The fraction of sp³-hybridized carbons (Fsp3) is 0.227. The largest absolute Gasteiger partial charge is 0.497 e. The molecule has 0 spiro atoms. The molecular formula is C22H22BrN3O3. The average molecular weight is 456 g/mol. The fourth-order valence-corrected chi connectivity index (χ4v) is 3.95. The summed E-state index contributed by atoms with van der Waals surface area (Å²) in [6, 6.07) is 17.2. The molecule has 29 heavy (non-hydrogen) atoms. The lowest BCUT2D eigenvalue weighted by Gasteiger charge is -2.37. The third-order valence-corrected chi connectivity index (χ3v) is 5.66. The van der Waals surface area contributed by atoms with Gasteiger partial charge in [0.2, 0.25) is 0 Å². The first-order valence-corrected chi connectivity index (χ1v) is 10.1. The summed E-state index contributed by atoms with van der Waals surface area (Å²) in [5.74, 6) is 1.22. The molecule has 0 saturated heterocycles. The number of rotatable bonds is 4. The highest BCUT2D eigenvalue weighted by molar-refractivity contribution is 9.10. The van der Waals surface area contributed by atoms with Crippen molar-refractivity contribution < 1.29 is 14.3 Å². The van der Waals surface area contributed by atoms with Crippen LogP contribution in [-0.2, 0) is 6.54 Å². The second-order valence-corrected chi connectivity index (χ2v) is 7.69. The molecule has 0 aliphatic carbocycles. The highest BCUT2D eigenvalue weighted by Gasteiger charge is 2.32. The Kier molecular flexibility index (Phi) is 5.49. The number of urea groups is 1. The number of nitrogens with zero attached hydrogens (tertiary/aromatic N) is 2. The van der Waals surface area contributed by atoms with Crippen LogP contribution in [0.2, 0.25) is 0 Å². The number of aromatic nitrogens is 1. The number of carbonyl (C=O) groups excluding carboxylic acids is 1. The topological polar surface area (TPSA) is 55.7 Å². The molecule has 1 aliphatic heterocycles. The fourth-order valence-electron chi connectivity index (χ4n) is 3.69. The highest BCUT2D eigenvalue weighted by atomic mass is 79.9. The number of fused-ring (bicyclic) bond motifs is 1. The van der Waals surface area contributed by atoms with Crippen molar-refractivity contribution in [1.82, 2.24) is 9.47 Å². The van der Waals surface area contributed by atoms with Crippen LogP contribution in [-0.4, -0.2) is 36.3 Å². The molecule has 0 saturated carbocycles. The highest BCUT2D eigenvalue weighted by Crippen LogP contribution is 2.35. The molecule has 0 bridgehead atoms. The Balaban J connectivity index is 1.66. The van der Waals surface area contributed by atoms with Gasteiger partial charge >= 0.3 is 6.03 Å². The third-order valence-electron chi connectivity index (χ3n) is 5.14. The van der Waals surface area contributed by atoms with Crippen LogP contribution in [0.5, 0.6) is 11.5 Å². The molecule has 3 aromatic rings. The minimum absolute atomic E-state index is 0.170.